The topological polar surface area (TPSA) is 64.1 Å². The Morgan fingerprint density at radius 1 is 1.37 bits per heavy atom. The molecule has 1 aliphatic carbocycles. The average molecular weight is 379 g/mol. The zero-order valence-electron chi connectivity index (χ0n) is 14.8. The van der Waals surface area contributed by atoms with Crippen molar-refractivity contribution in [3.63, 3.8) is 0 Å². The third-order valence-corrected chi connectivity index (χ3v) is 4.30. The van der Waals surface area contributed by atoms with Crippen molar-refractivity contribution >= 4 is 5.91 Å². The maximum Gasteiger partial charge on any atom is 0.422 e. The predicted molar refractivity (Wildman–Crippen MR) is 92.3 cm³/mol. The molecule has 1 aliphatic rings. The smallest absolute Gasteiger partial charge is 0.422 e. The first-order valence-corrected chi connectivity index (χ1v) is 8.70. The Balaban J connectivity index is 1.62. The lowest BCUT2D eigenvalue weighted by molar-refractivity contribution is -0.153. The maximum absolute atomic E-state index is 12.4. The molecular weight excluding hydrogens is 359 g/mol. The molecule has 0 aliphatic heterocycles. The largest absolute Gasteiger partial charge is 0.484 e. The number of hydrogen-bond donors (Lipinski definition) is 1. The van der Waals surface area contributed by atoms with E-state index in [4.69, 9.17) is 4.74 Å². The second-order valence-electron chi connectivity index (χ2n) is 6.56. The molecule has 1 unspecified atom stereocenters. The Bertz CT molecular complexity index is 824. The van der Waals surface area contributed by atoms with Crippen LogP contribution < -0.4 is 10.1 Å². The SMILES string of the molecule is Cc1ncc2c(n1)CCCC2NC(=O)Cc1cccc(OCC(F)(F)F)c1. The first-order chi connectivity index (χ1) is 12.8. The number of ether oxygens (including phenoxy) is 1. The zero-order chi connectivity index (χ0) is 19.4. The number of hydrogen-bond acceptors (Lipinski definition) is 4. The van der Waals surface area contributed by atoms with Crippen LogP contribution in [-0.2, 0) is 17.6 Å². The summed E-state index contributed by atoms with van der Waals surface area (Å²) in [5.74, 6) is 0.585. The zero-order valence-corrected chi connectivity index (χ0v) is 14.8. The maximum atomic E-state index is 12.4. The highest BCUT2D eigenvalue weighted by molar-refractivity contribution is 5.79. The summed E-state index contributed by atoms with van der Waals surface area (Å²) in [5.41, 5.74) is 2.48. The van der Waals surface area contributed by atoms with Crippen molar-refractivity contribution in [2.24, 2.45) is 0 Å². The highest BCUT2D eigenvalue weighted by Gasteiger charge is 2.28. The normalized spacial score (nSPS) is 16.5. The van der Waals surface area contributed by atoms with Crippen molar-refractivity contribution in [3.05, 3.63) is 53.1 Å². The van der Waals surface area contributed by atoms with Crippen molar-refractivity contribution in [3.8, 4) is 5.75 Å². The van der Waals surface area contributed by atoms with Crippen LogP contribution in [0.25, 0.3) is 0 Å². The number of amides is 1. The van der Waals surface area contributed by atoms with Crippen molar-refractivity contribution in [2.75, 3.05) is 6.61 Å². The summed E-state index contributed by atoms with van der Waals surface area (Å²) in [5, 5.41) is 2.98. The summed E-state index contributed by atoms with van der Waals surface area (Å²) in [6, 6.07) is 5.99. The Labute approximate surface area is 155 Å². The van der Waals surface area contributed by atoms with Gasteiger partial charge in [0.05, 0.1) is 12.5 Å². The van der Waals surface area contributed by atoms with Gasteiger partial charge >= 0.3 is 6.18 Å². The first-order valence-electron chi connectivity index (χ1n) is 8.70. The number of rotatable bonds is 5. The molecule has 1 aromatic heterocycles. The number of fused-ring (bicyclic) bond motifs is 1. The number of nitrogens with one attached hydrogen (secondary N) is 1. The fourth-order valence-electron chi connectivity index (χ4n) is 3.14. The van der Waals surface area contributed by atoms with E-state index in [0.717, 1.165) is 30.5 Å². The van der Waals surface area contributed by atoms with E-state index in [1.165, 1.54) is 12.1 Å². The highest BCUT2D eigenvalue weighted by atomic mass is 19.4. The predicted octanol–water partition coefficient (Wildman–Crippen LogP) is 3.46. The van der Waals surface area contributed by atoms with Crippen LogP contribution in [0.2, 0.25) is 0 Å². The second kappa shape index (κ2) is 7.94. The molecule has 1 amide bonds. The highest BCUT2D eigenvalue weighted by Crippen LogP contribution is 2.28. The number of alkyl halides is 3. The van der Waals surface area contributed by atoms with Crippen molar-refractivity contribution in [1.29, 1.82) is 0 Å². The van der Waals surface area contributed by atoms with Gasteiger partial charge in [0.1, 0.15) is 11.6 Å². The molecule has 1 N–H and O–H groups in total. The van der Waals surface area contributed by atoms with Gasteiger partial charge in [0.2, 0.25) is 5.91 Å². The minimum Gasteiger partial charge on any atom is -0.484 e. The summed E-state index contributed by atoms with van der Waals surface area (Å²) < 4.78 is 41.5. The van der Waals surface area contributed by atoms with Crippen molar-refractivity contribution in [1.82, 2.24) is 15.3 Å². The number of benzene rings is 1. The molecule has 0 fully saturated rings. The van der Waals surface area contributed by atoms with Crippen LogP contribution in [0.1, 0.15) is 41.5 Å². The fourth-order valence-corrected chi connectivity index (χ4v) is 3.14. The van der Waals surface area contributed by atoms with Gasteiger partial charge in [-0.3, -0.25) is 4.79 Å². The van der Waals surface area contributed by atoms with Crippen LogP contribution in [0.3, 0.4) is 0 Å². The monoisotopic (exact) mass is 379 g/mol. The molecule has 0 radical (unpaired) electrons. The number of carbonyl (C=O) groups is 1. The van der Waals surface area contributed by atoms with Gasteiger partial charge in [-0.1, -0.05) is 12.1 Å². The molecule has 0 bridgehead atoms. The molecule has 0 saturated heterocycles. The van der Waals surface area contributed by atoms with Gasteiger partial charge in [-0.05, 0) is 43.9 Å². The van der Waals surface area contributed by atoms with Crippen LogP contribution in [0.5, 0.6) is 5.75 Å². The van der Waals surface area contributed by atoms with E-state index in [0.29, 0.717) is 11.4 Å². The standard InChI is InChI=1S/C19H20F3N3O2/c1-12-23-10-15-16(24-12)6-3-7-17(15)25-18(26)9-13-4-2-5-14(8-13)27-11-19(20,21)22/h2,4-5,8,10,17H,3,6-7,9,11H2,1H3,(H,25,26). The second-order valence-corrected chi connectivity index (χ2v) is 6.56. The average Bonchev–Trinajstić information content (AvgIpc) is 2.59. The quantitative estimate of drug-likeness (QED) is 0.864. The lowest BCUT2D eigenvalue weighted by Gasteiger charge is -2.25. The molecule has 1 heterocycles. The molecule has 3 rings (SSSR count). The summed E-state index contributed by atoms with van der Waals surface area (Å²) in [6.07, 6.45) is 0.00996. The van der Waals surface area contributed by atoms with Gasteiger partial charge in [-0.25, -0.2) is 9.97 Å². The number of nitrogens with zero attached hydrogens (tertiary/aromatic N) is 2. The third kappa shape index (κ3) is 5.42. The van der Waals surface area contributed by atoms with Crippen LogP contribution >= 0.6 is 0 Å². The van der Waals surface area contributed by atoms with Gasteiger partial charge in [-0.15, -0.1) is 0 Å². The molecule has 144 valence electrons. The van der Waals surface area contributed by atoms with E-state index in [9.17, 15) is 18.0 Å². The molecule has 27 heavy (non-hydrogen) atoms. The number of aromatic nitrogens is 2. The van der Waals surface area contributed by atoms with E-state index >= 15 is 0 Å². The minimum atomic E-state index is -4.40. The minimum absolute atomic E-state index is 0.0573. The van der Waals surface area contributed by atoms with Crippen LogP contribution in [-0.4, -0.2) is 28.7 Å². The number of halogens is 3. The summed E-state index contributed by atoms with van der Waals surface area (Å²) in [6.45, 7) is 0.469. The lowest BCUT2D eigenvalue weighted by Crippen LogP contribution is -2.32. The number of aryl methyl sites for hydroxylation is 2. The van der Waals surface area contributed by atoms with Crippen molar-refractivity contribution in [2.45, 2.75) is 44.8 Å². The molecule has 5 nitrogen and oxygen atoms in total. The van der Waals surface area contributed by atoms with Crippen molar-refractivity contribution < 1.29 is 22.7 Å². The lowest BCUT2D eigenvalue weighted by atomic mass is 9.92. The fraction of sp³-hybridized carbons (Fsp3) is 0.421. The molecular formula is C19H20F3N3O2. The van der Waals surface area contributed by atoms with Crippen LogP contribution in [0.4, 0.5) is 13.2 Å². The van der Waals surface area contributed by atoms with Gasteiger partial charge < -0.3 is 10.1 Å². The van der Waals surface area contributed by atoms with E-state index in [-0.39, 0.29) is 24.1 Å². The Hall–Kier alpha value is -2.64. The molecule has 0 saturated carbocycles. The first kappa shape index (κ1) is 19.1. The molecule has 1 aromatic carbocycles. The van der Waals surface area contributed by atoms with Gasteiger partial charge in [-0.2, -0.15) is 13.2 Å². The third-order valence-electron chi connectivity index (χ3n) is 4.30. The number of carbonyl (C=O) groups excluding carboxylic acids is 1. The van der Waals surface area contributed by atoms with Crippen LogP contribution in [0.15, 0.2) is 30.5 Å². The Morgan fingerprint density at radius 2 is 2.19 bits per heavy atom. The molecule has 0 spiro atoms. The van der Waals surface area contributed by atoms with Gasteiger partial charge in [0.15, 0.2) is 6.61 Å². The van der Waals surface area contributed by atoms with E-state index in [1.54, 1.807) is 18.3 Å². The molecule has 8 heteroatoms. The van der Waals surface area contributed by atoms with E-state index in [1.807, 2.05) is 6.92 Å². The summed E-state index contributed by atoms with van der Waals surface area (Å²) in [7, 11) is 0. The Kier molecular flexibility index (Phi) is 5.62. The summed E-state index contributed by atoms with van der Waals surface area (Å²) in [4.78, 5) is 21.1. The Morgan fingerprint density at radius 3 is 2.96 bits per heavy atom. The van der Waals surface area contributed by atoms with E-state index in [2.05, 4.69) is 15.3 Å². The molecule has 2 aromatic rings. The molecule has 1 atom stereocenters. The summed E-state index contributed by atoms with van der Waals surface area (Å²) >= 11 is 0. The van der Waals surface area contributed by atoms with Crippen LogP contribution in [0, 0.1) is 6.92 Å². The van der Waals surface area contributed by atoms with Gasteiger partial charge in [0, 0.05) is 17.5 Å². The van der Waals surface area contributed by atoms with E-state index < -0.39 is 12.8 Å². The van der Waals surface area contributed by atoms with Gasteiger partial charge in [0.25, 0.3) is 0 Å².